The van der Waals surface area contributed by atoms with Crippen LogP contribution in [0, 0.1) is 11.3 Å². The van der Waals surface area contributed by atoms with Crippen LogP contribution in [0.5, 0.6) is 0 Å². The summed E-state index contributed by atoms with van der Waals surface area (Å²) in [6.07, 6.45) is 7.06. The Bertz CT molecular complexity index is 174. The van der Waals surface area contributed by atoms with E-state index in [9.17, 15) is 0 Å². The molecule has 1 fully saturated rings. The Balaban J connectivity index is 1.99. The molecule has 0 heterocycles. The van der Waals surface area contributed by atoms with E-state index in [4.69, 9.17) is 15.9 Å². The van der Waals surface area contributed by atoms with Crippen LogP contribution in [0.15, 0.2) is 0 Å². The van der Waals surface area contributed by atoms with Crippen LogP contribution in [0.3, 0.4) is 0 Å². The maximum Gasteiger partial charge on any atom is 0.0906 e. The number of nitrogens with one attached hydrogen (secondary N) is 1. The number of hydrogen-bond donors (Lipinski definition) is 2. The quantitative estimate of drug-likeness (QED) is 0.404. The zero-order valence-electron chi connectivity index (χ0n) is 9.09. The Morgan fingerprint density at radius 1 is 1.36 bits per heavy atom. The summed E-state index contributed by atoms with van der Waals surface area (Å²) in [5.41, 5.74) is 5.26. The molecular formula is C11H22N2O. The maximum atomic E-state index is 7.07. The van der Waals surface area contributed by atoms with Crippen molar-refractivity contribution in [3.8, 4) is 0 Å². The molecule has 3 N–H and O–H groups in total. The lowest BCUT2D eigenvalue weighted by molar-refractivity contribution is 0.0193. The molecule has 82 valence electrons. The molecule has 0 aliphatic heterocycles. The van der Waals surface area contributed by atoms with Crippen LogP contribution in [0.1, 0.15) is 45.4 Å². The molecule has 1 aliphatic carbocycles. The molecule has 0 aromatic heterocycles. The predicted molar refractivity (Wildman–Crippen MR) is 58.5 cm³/mol. The van der Waals surface area contributed by atoms with Gasteiger partial charge >= 0.3 is 0 Å². The van der Waals surface area contributed by atoms with E-state index >= 15 is 0 Å². The number of amidine groups is 1. The Morgan fingerprint density at radius 3 is 2.57 bits per heavy atom. The van der Waals surface area contributed by atoms with Crippen molar-refractivity contribution in [3.63, 3.8) is 0 Å². The summed E-state index contributed by atoms with van der Waals surface area (Å²) in [6, 6.07) is 0. The normalized spacial score (nSPS) is 27.5. The number of ether oxygens (including phenoxy) is 1. The Labute approximate surface area is 86.5 Å². The zero-order valence-corrected chi connectivity index (χ0v) is 9.09. The van der Waals surface area contributed by atoms with E-state index in [1.54, 1.807) is 0 Å². The molecule has 0 spiro atoms. The van der Waals surface area contributed by atoms with Crippen molar-refractivity contribution >= 4 is 5.84 Å². The third kappa shape index (κ3) is 4.61. The van der Waals surface area contributed by atoms with Gasteiger partial charge in [0.15, 0.2) is 0 Å². The molecule has 0 aromatic carbocycles. The van der Waals surface area contributed by atoms with Crippen LogP contribution in [-0.4, -0.2) is 18.5 Å². The van der Waals surface area contributed by atoms with E-state index in [1.807, 2.05) is 0 Å². The van der Waals surface area contributed by atoms with Gasteiger partial charge in [-0.25, -0.2) is 0 Å². The van der Waals surface area contributed by atoms with Crippen LogP contribution in [-0.2, 0) is 4.74 Å². The first-order chi connectivity index (χ1) is 6.68. The fourth-order valence-electron chi connectivity index (χ4n) is 1.91. The van der Waals surface area contributed by atoms with E-state index in [0.29, 0.717) is 12.5 Å². The second-order valence-corrected chi connectivity index (χ2v) is 4.38. The fraction of sp³-hybridized carbons (Fsp3) is 0.909. The highest BCUT2D eigenvalue weighted by Crippen LogP contribution is 2.25. The van der Waals surface area contributed by atoms with E-state index in [-0.39, 0.29) is 5.84 Å². The number of hydrogen-bond acceptors (Lipinski definition) is 2. The van der Waals surface area contributed by atoms with Gasteiger partial charge in [0.05, 0.1) is 11.9 Å². The highest BCUT2D eigenvalue weighted by molar-refractivity contribution is 5.76. The number of rotatable bonds is 5. The third-order valence-corrected chi connectivity index (χ3v) is 2.91. The lowest BCUT2D eigenvalue weighted by Gasteiger charge is -2.26. The molecule has 14 heavy (non-hydrogen) atoms. The molecule has 3 heteroatoms. The molecule has 1 saturated carbocycles. The van der Waals surface area contributed by atoms with Gasteiger partial charge in [0.1, 0.15) is 0 Å². The highest BCUT2D eigenvalue weighted by Gasteiger charge is 2.17. The minimum atomic E-state index is 0.269. The Kier molecular flexibility index (Phi) is 4.94. The van der Waals surface area contributed by atoms with Gasteiger partial charge in [-0.15, -0.1) is 0 Å². The van der Waals surface area contributed by atoms with Crippen molar-refractivity contribution in [1.29, 1.82) is 5.41 Å². The molecular weight excluding hydrogens is 176 g/mol. The molecule has 0 saturated heterocycles. The summed E-state index contributed by atoms with van der Waals surface area (Å²) in [5.74, 6) is 1.15. The van der Waals surface area contributed by atoms with E-state index in [2.05, 4.69) is 6.92 Å². The van der Waals surface area contributed by atoms with Crippen LogP contribution in [0.2, 0.25) is 0 Å². The van der Waals surface area contributed by atoms with Crippen molar-refractivity contribution in [2.45, 2.75) is 51.6 Å². The molecule has 0 bridgehead atoms. The first kappa shape index (κ1) is 11.5. The standard InChI is InChI=1S/C11H22N2O/c1-9-4-6-10(7-5-9)14-8-2-3-11(12)13/h9-10H,2-8H2,1H3,(H3,12,13). The van der Waals surface area contributed by atoms with Crippen LogP contribution in [0.25, 0.3) is 0 Å². The number of nitrogens with two attached hydrogens (primary N) is 1. The van der Waals surface area contributed by atoms with Gasteiger partial charge in [0, 0.05) is 13.0 Å². The van der Waals surface area contributed by atoms with Crippen molar-refractivity contribution in [2.75, 3.05) is 6.61 Å². The maximum absolute atomic E-state index is 7.07. The van der Waals surface area contributed by atoms with Gasteiger partial charge < -0.3 is 10.5 Å². The Morgan fingerprint density at radius 2 is 2.00 bits per heavy atom. The first-order valence-electron chi connectivity index (χ1n) is 5.63. The smallest absolute Gasteiger partial charge is 0.0906 e. The average molecular weight is 198 g/mol. The molecule has 0 atom stereocenters. The SMILES string of the molecule is CC1CCC(OCCCC(=N)N)CC1. The van der Waals surface area contributed by atoms with Crippen molar-refractivity contribution in [3.05, 3.63) is 0 Å². The van der Waals surface area contributed by atoms with Crippen LogP contribution in [0.4, 0.5) is 0 Å². The Hall–Kier alpha value is -0.570. The average Bonchev–Trinajstić information content (AvgIpc) is 2.15. The predicted octanol–water partition coefficient (Wildman–Crippen LogP) is 2.30. The molecule has 0 unspecified atom stereocenters. The largest absolute Gasteiger partial charge is 0.388 e. The van der Waals surface area contributed by atoms with E-state index < -0.39 is 0 Å². The highest BCUT2D eigenvalue weighted by atomic mass is 16.5. The summed E-state index contributed by atoms with van der Waals surface area (Å²) in [5, 5.41) is 7.07. The molecule has 1 aliphatic rings. The lowest BCUT2D eigenvalue weighted by atomic mass is 9.89. The minimum absolute atomic E-state index is 0.269. The molecule has 1 rings (SSSR count). The van der Waals surface area contributed by atoms with E-state index in [0.717, 1.165) is 18.9 Å². The molecule has 0 radical (unpaired) electrons. The van der Waals surface area contributed by atoms with Crippen LogP contribution < -0.4 is 5.73 Å². The summed E-state index contributed by atoms with van der Waals surface area (Å²) in [4.78, 5) is 0. The molecule has 3 nitrogen and oxygen atoms in total. The van der Waals surface area contributed by atoms with Gasteiger partial charge in [-0.3, -0.25) is 5.41 Å². The van der Waals surface area contributed by atoms with Gasteiger partial charge in [-0.2, -0.15) is 0 Å². The lowest BCUT2D eigenvalue weighted by Crippen LogP contribution is -2.21. The zero-order chi connectivity index (χ0) is 10.4. The van der Waals surface area contributed by atoms with Crippen molar-refractivity contribution < 1.29 is 4.74 Å². The second kappa shape index (κ2) is 6.02. The van der Waals surface area contributed by atoms with Crippen molar-refractivity contribution in [2.24, 2.45) is 11.7 Å². The van der Waals surface area contributed by atoms with E-state index in [1.165, 1.54) is 25.7 Å². The van der Waals surface area contributed by atoms with Crippen LogP contribution >= 0.6 is 0 Å². The summed E-state index contributed by atoms with van der Waals surface area (Å²) < 4.78 is 5.73. The summed E-state index contributed by atoms with van der Waals surface area (Å²) in [7, 11) is 0. The molecule has 0 amide bonds. The second-order valence-electron chi connectivity index (χ2n) is 4.38. The third-order valence-electron chi connectivity index (χ3n) is 2.91. The fourth-order valence-corrected chi connectivity index (χ4v) is 1.91. The summed E-state index contributed by atoms with van der Waals surface area (Å²) >= 11 is 0. The molecule has 0 aromatic rings. The topological polar surface area (TPSA) is 59.1 Å². The van der Waals surface area contributed by atoms with Gasteiger partial charge in [-0.05, 0) is 38.0 Å². The van der Waals surface area contributed by atoms with Crippen molar-refractivity contribution in [1.82, 2.24) is 0 Å². The monoisotopic (exact) mass is 198 g/mol. The minimum Gasteiger partial charge on any atom is -0.388 e. The summed E-state index contributed by atoms with van der Waals surface area (Å²) in [6.45, 7) is 3.07. The van der Waals surface area contributed by atoms with Gasteiger partial charge in [0.25, 0.3) is 0 Å². The van der Waals surface area contributed by atoms with Gasteiger partial charge in [0.2, 0.25) is 0 Å². The van der Waals surface area contributed by atoms with Gasteiger partial charge in [-0.1, -0.05) is 6.92 Å². The first-order valence-corrected chi connectivity index (χ1v) is 5.63.